The van der Waals surface area contributed by atoms with Crippen molar-refractivity contribution in [2.45, 2.75) is 19.7 Å². The molecule has 0 saturated carbocycles. The molecule has 12 heteroatoms. The largest absolute Gasteiger partial charge is 0.471 e. The lowest BCUT2D eigenvalue weighted by Crippen LogP contribution is -2.15. The van der Waals surface area contributed by atoms with E-state index in [-0.39, 0.29) is 23.9 Å². The molecule has 1 amide bonds. The smallest absolute Gasteiger partial charge is 0.444 e. The fourth-order valence-electron chi connectivity index (χ4n) is 1.82. The van der Waals surface area contributed by atoms with Gasteiger partial charge in [-0.3, -0.25) is 10.3 Å². The Morgan fingerprint density at radius 1 is 1.19 bits per heavy atom. The van der Waals surface area contributed by atoms with Crippen LogP contribution >= 0.6 is 0 Å². The van der Waals surface area contributed by atoms with Crippen LogP contribution in [0.15, 0.2) is 35.2 Å². The van der Waals surface area contributed by atoms with Gasteiger partial charge in [0.05, 0.1) is 5.56 Å². The number of hydrogen-bond donors (Lipinski definition) is 1. The third-order valence-electron chi connectivity index (χ3n) is 3.13. The number of anilines is 1. The standard InChI is InChI=1S/C15H11F3N6O3/c1-8-2-3-9(4-19-8)7-26-14(25)23-13-20-5-10(6-21-13)11-22-12(27-24-11)15(16,17)18/h2-6H,7H2,1H3,(H,20,21,23,25). The fraction of sp³-hybridized carbons (Fsp3) is 0.200. The van der Waals surface area contributed by atoms with Gasteiger partial charge in [-0.15, -0.1) is 0 Å². The monoisotopic (exact) mass is 380 g/mol. The number of ether oxygens (including phenoxy) is 1. The summed E-state index contributed by atoms with van der Waals surface area (Å²) in [6, 6.07) is 3.54. The summed E-state index contributed by atoms with van der Waals surface area (Å²) in [5.74, 6) is -1.91. The summed E-state index contributed by atoms with van der Waals surface area (Å²) < 4.78 is 46.5. The number of rotatable bonds is 4. The second-order valence-corrected chi connectivity index (χ2v) is 5.23. The van der Waals surface area contributed by atoms with Gasteiger partial charge < -0.3 is 9.26 Å². The van der Waals surface area contributed by atoms with Crippen molar-refractivity contribution in [3.05, 3.63) is 47.9 Å². The number of hydrogen-bond acceptors (Lipinski definition) is 8. The minimum Gasteiger partial charge on any atom is -0.444 e. The van der Waals surface area contributed by atoms with Gasteiger partial charge in [0.25, 0.3) is 0 Å². The summed E-state index contributed by atoms with van der Waals surface area (Å²) in [6.07, 6.45) is -1.70. The fourth-order valence-corrected chi connectivity index (χ4v) is 1.82. The average Bonchev–Trinajstić information content (AvgIpc) is 3.12. The number of amides is 1. The highest BCUT2D eigenvalue weighted by Gasteiger charge is 2.38. The van der Waals surface area contributed by atoms with E-state index in [0.717, 1.165) is 18.1 Å². The molecular formula is C15H11F3N6O3. The maximum absolute atomic E-state index is 12.4. The second kappa shape index (κ2) is 7.35. The van der Waals surface area contributed by atoms with Crippen LogP contribution in [0.4, 0.5) is 23.9 Å². The zero-order chi connectivity index (χ0) is 19.4. The normalized spacial score (nSPS) is 11.3. The van der Waals surface area contributed by atoms with Gasteiger partial charge in [0.15, 0.2) is 0 Å². The predicted octanol–water partition coefficient (Wildman–Crippen LogP) is 3.00. The molecule has 0 spiro atoms. The van der Waals surface area contributed by atoms with Crippen LogP contribution in [0.3, 0.4) is 0 Å². The number of aryl methyl sites for hydroxylation is 1. The van der Waals surface area contributed by atoms with E-state index in [1.165, 1.54) is 0 Å². The minimum absolute atomic E-state index is 0.000273. The highest BCUT2D eigenvalue weighted by Crippen LogP contribution is 2.29. The third kappa shape index (κ3) is 4.74. The quantitative estimate of drug-likeness (QED) is 0.734. The average molecular weight is 380 g/mol. The van der Waals surface area contributed by atoms with E-state index in [4.69, 9.17) is 4.74 Å². The summed E-state index contributed by atoms with van der Waals surface area (Å²) in [4.78, 5) is 26.6. The lowest BCUT2D eigenvalue weighted by Gasteiger charge is -2.06. The molecule has 9 nitrogen and oxygen atoms in total. The second-order valence-electron chi connectivity index (χ2n) is 5.23. The highest BCUT2D eigenvalue weighted by atomic mass is 19.4. The predicted molar refractivity (Wildman–Crippen MR) is 83.1 cm³/mol. The third-order valence-corrected chi connectivity index (χ3v) is 3.13. The molecule has 0 unspecified atom stereocenters. The maximum Gasteiger partial charge on any atom is 0.471 e. The number of carbonyl (C=O) groups excluding carboxylic acids is 1. The lowest BCUT2D eigenvalue weighted by molar-refractivity contribution is -0.159. The van der Waals surface area contributed by atoms with Crippen molar-refractivity contribution >= 4 is 12.0 Å². The van der Waals surface area contributed by atoms with Crippen molar-refractivity contribution in [1.29, 1.82) is 0 Å². The zero-order valence-corrected chi connectivity index (χ0v) is 13.7. The lowest BCUT2D eigenvalue weighted by atomic mass is 10.3. The molecule has 0 radical (unpaired) electrons. The summed E-state index contributed by atoms with van der Waals surface area (Å²) >= 11 is 0. The molecule has 0 aliphatic heterocycles. The summed E-state index contributed by atoms with van der Waals surface area (Å²) in [7, 11) is 0. The Morgan fingerprint density at radius 2 is 1.93 bits per heavy atom. The first-order valence-electron chi connectivity index (χ1n) is 7.40. The number of alkyl halides is 3. The zero-order valence-electron chi connectivity index (χ0n) is 13.7. The molecule has 0 saturated heterocycles. The summed E-state index contributed by atoms with van der Waals surface area (Å²) in [6.45, 7) is 1.83. The molecule has 0 aliphatic rings. The number of aromatic nitrogens is 5. The van der Waals surface area contributed by atoms with E-state index in [2.05, 4.69) is 34.9 Å². The molecule has 3 aromatic rings. The molecule has 0 aliphatic carbocycles. The number of nitrogens with one attached hydrogen (secondary N) is 1. The van der Waals surface area contributed by atoms with Gasteiger partial charge in [-0.1, -0.05) is 11.2 Å². The molecule has 3 rings (SSSR count). The number of pyridine rings is 1. The molecule has 1 N–H and O–H groups in total. The van der Waals surface area contributed by atoms with Crippen molar-refractivity contribution in [2.24, 2.45) is 0 Å². The molecule has 27 heavy (non-hydrogen) atoms. The first-order valence-corrected chi connectivity index (χ1v) is 7.40. The van der Waals surface area contributed by atoms with Gasteiger partial charge in [0.1, 0.15) is 6.61 Å². The Balaban J connectivity index is 1.57. The van der Waals surface area contributed by atoms with Gasteiger partial charge in [-0.2, -0.15) is 18.2 Å². The Hall–Kier alpha value is -3.57. The van der Waals surface area contributed by atoms with Crippen LogP contribution in [0.5, 0.6) is 0 Å². The molecular weight excluding hydrogens is 369 g/mol. The van der Waals surface area contributed by atoms with E-state index in [0.29, 0.717) is 5.56 Å². The summed E-state index contributed by atoms with van der Waals surface area (Å²) in [5.41, 5.74) is 1.61. The molecule has 0 bridgehead atoms. The van der Waals surface area contributed by atoms with Crippen LogP contribution in [-0.4, -0.2) is 31.2 Å². The van der Waals surface area contributed by atoms with Crippen molar-refractivity contribution < 1.29 is 27.2 Å². The van der Waals surface area contributed by atoms with Crippen LogP contribution in [0, 0.1) is 6.92 Å². The van der Waals surface area contributed by atoms with Gasteiger partial charge in [-0.25, -0.2) is 14.8 Å². The molecule has 0 atom stereocenters. The molecule has 3 aromatic heterocycles. The Labute approximate surface area is 149 Å². The number of halogens is 3. The first-order chi connectivity index (χ1) is 12.8. The van der Waals surface area contributed by atoms with Crippen LogP contribution in [0.1, 0.15) is 17.1 Å². The van der Waals surface area contributed by atoms with Crippen LogP contribution in [0.2, 0.25) is 0 Å². The van der Waals surface area contributed by atoms with Crippen molar-refractivity contribution in [1.82, 2.24) is 25.1 Å². The Kier molecular flexibility index (Phi) is 4.96. The SMILES string of the molecule is Cc1ccc(COC(=O)Nc2ncc(-c3noc(C(F)(F)F)n3)cn2)cn1. The van der Waals surface area contributed by atoms with E-state index in [1.54, 1.807) is 18.3 Å². The van der Waals surface area contributed by atoms with E-state index in [1.807, 2.05) is 6.92 Å². The van der Waals surface area contributed by atoms with Gasteiger partial charge in [0, 0.05) is 29.8 Å². The van der Waals surface area contributed by atoms with E-state index >= 15 is 0 Å². The van der Waals surface area contributed by atoms with Crippen molar-refractivity contribution in [2.75, 3.05) is 5.32 Å². The van der Waals surface area contributed by atoms with Crippen LogP contribution in [-0.2, 0) is 17.5 Å². The summed E-state index contributed by atoms with van der Waals surface area (Å²) in [5, 5.41) is 5.49. The minimum atomic E-state index is -4.75. The van der Waals surface area contributed by atoms with Crippen LogP contribution < -0.4 is 5.32 Å². The Bertz CT molecular complexity index is 925. The number of nitrogens with zero attached hydrogens (tertiary/aromatic N) is 5. The van der Waals surface area contributed by atoms with Crippen molar-refractivity contribution in [3.8, 4) is 11.4 Å². The first kappa shape index (κ1) is 18.2. The van der Waals surface area contributed by atoms with E-state index < -0.39 is 18.2 Å². The highest BCUT2D eigenvalue weighted by molar-refractivity contribution is 5.82. The van der Waals surface area contributed by atoms with E-state index in [9.17, 15) is 18.0 Å². The molecule has 140 valence electrons. The van der Waals surface area contributed by atoms with Crippen LogP contribution in [0.25, 0.3) is 11.4 Å². The maximum atomic E-state index is 12.4. The number of carbonyl (C=O) groups is 1. The van der Waals surface area contributed by atoms with Gasteiger partial charge in [-0.05, 0) is 13.0 Å². The molecule has 0 fully saturated rings. The van der Waals surface area contributed by atoms with Gasteiger partial charge >= 0.3 is 18.2 Å². The molecule has 0 aromatic carbocycles. The van der Waals surface area contributed by atoms with Gasteiger partial charge in [0.2, 0.25) is 11.8 Å². The topological polar surface area (TPSA) is 116 Å². The Morgan fingerprint density at radius 3 is 2.52 bits per heavy atom. The molecule has 3 heterocycles. The van der Waals surface area contributed by atoms with Crippen molar-refractivity contribution in [3.63, 3.8) is 0 Å².